The third-order valence-corrected chi connectivity index (χ3v) is 1.68. The molecular formula is C9H7FN4O2. The van der Waals surface area contributed by atoms with E-state index in [1.54, 1.807) is 0 Å². The molecule has 0 saturated carbocycles. The van der Waals surface area contributed by atoms with Crippen LogP contribution in [0, 0.1) is 17.1 Å². The second-order valence-electron chi connectivity index (χ2n) is 2.77. The minimum Gasteiger partial charge on any atom is -0.507 e. The number of rotatable bonds is 1. The van der Waals surface area contributed by atoms with Crippen LogP contribution in [0.1, 0.15) is 15.9 Å². The van der Waals surface area contributed by atoms with Gasteiger partial charge in [-0.05, 0) is 12.1 Å². The van der Waals surface area contributed by atoms with Crippen molar-refractivity contribution in [1.82, 2.24) is 0 Å². The highest BCUT2D eigenvalue weighted by molar-refractivity contribution is 6.04. The predicted octanol–water partition coefficient (Wildman–Crippen LogP) is -0.183. The molecule has 0 radical (unpaired) electrons. The fourth-order valence-corrected chi connectivity index (χ4v) is 1.03. The molecule has 1 aromatic carbocycles. The van der Waals surface area contributed by atoms with Crippen LogP contribution in [0.25, 0.3) is 0 Å². The molecule has 5 N–H and O–H groups in total. The number of hydrogen-bond acceptors (Lipinski definition) is 3. The fraction of sp³-hybridized carbons (Fsp3) is 0. The van der Waals surface area contributed by atoms with Crippen molar-refractivity contribution < 1.29 is 14.3 Å². The molecule has 0 aliphatic carbocycles. The maximum Gasteiger partial charge on any atom is 0.286 e. The van der Waals surface area contributed by atoms with Crippen LogP contribution < -0.4 is 11.5 Å². The molecule has 0 fully saturated rings. The number of nitriles is 1. The van der Waals surface area contributed by atoms with Gasteiger partial charge >= 0.3 is 0 Å². The van der Waals surface area contributed by atoms with Gasteiger partial charge < -0.3 is 16.6 Å². The molecule has 0 aliphatic heterocycles. The minimum absolute atomic E-state index is 0.382. The number of hydrogen-bond donors (Lipinski definition) is 3. The molecule has 1 amide bonds. The third kappa shape index (κ3) is 2.06. The number of halogens is 1. The van der Waals surface area contributed by atoms with Crippen LogP contribution in [0.2, 0.25) is 0 Å². The van der Waals surface area contributed by atoms with Crippen molar-refractivity contribution in [2.45, 2.75) is 0 Å². The second-order valence-corrected chi connectivity index (χ2v) is 2.77. The topological polar surface area (TPSA) is 125 Å². The Hall–Kier alpha value is -2.62. The number of carbonyl (C=O) groups is 1. The van der Waals surface area contributed by atoms with Crippen LogP contribution >= 0.6 is 0 Å². The van der Waals surface area contributed by atoms with Crippen LogP contribution in [-0.2, 0) is 0 Å². The van der Waals surface area contributed by atoms with Crippen molar-refractivity contribution in [2.24, 2.45) is 16.5 Å². The van der Waals surface area contributed by atoms with E-state index in [4.69, 9.17) is 16.7 Å². The average Bonchev–Trinajstić information content (AvgIpc) is 2.16. The maximum atomic E-state index is 13.5. The first kappa shape index (κ1) is 11.5. The first-order valence-electron chi connectivity index (χ1n) is 4.03. The number of nitrogens with two attached hydrogens (primary N) is 2. The quantitative estimate of drug-likeness (QED) is 0.448. The number of carbonyl (C=O) groups excluding carboxylic acids is 1. The lowest BCUT2D eigenvalue weighted by Crippen LogP contribution is -2.24. The summed E-state index contributed by atoms with van der Waals surface area (Å²) in [7, 11) is 0. The van der Waals surface area contributed by atoms with Crippen molar-refractivity contribution in [3.05, 3.63) is 29.1 Å². The second kappa shape index (κ2) is 4.27. The van der Waals surface area contributed by atoms with Gasteiger partial charge in [0.15, 0.2) is 11.8 Å². The molecular weight excluding hydrogens is 215 g/mol. The number of aliphatic imine (C=N–C) groups is 1. The molecule has 0 unspecified atom stereocenters. The molecule has 0 bridgehead atoms. The Morgan fingerprint density at radius 1 is 1.50 bits per heavy atom. The smallest absolute Gasteiger partial charge is 0.286 e. The van der Waals surface area contributed by atoms with Crippen molar-refractivity contribution in [3.8, 4) is 11.8 Å². The summed E-state index contributed by atoms with van der Waals surface area (Å²) in [6.45, 7) is 0. The number of guanidine groups is 1. The third-order valence-electron chi connectivity index (χ3n) is 1.68. The first-order chi connectivity index (χ1) is 7.47. The van der Waals surface area contributed by atoms with Gasteiger partial charge in [-0.3, -0.25) is 4.79 Å². The number of phenols is 1. The summed E-state index contributed by atoms with van der Waals surface area (Å²) in [6.07, 6.45) is 0. The summed E-state index contributed by atoms with van der Waals surface area (Å²) in [6, 6.07) is 3.57. The Kier molecular flexibility index (Phi) is 3.06. The summed E-state index contributed by atoms with van der Waals surface area (Å²) < 4.78 is 13.5. The minimum atomic E-state index is -1.16. The Balaban J connectivity index is 3.39. The van der Waals surface area contributed by atoms with E-state index in [9.17, 15) is 14.3 Å². The van der Waals surface area contributed by atoms with E-state index >= 15 is 0 Å². The summed E-state index contributed by atoms with van der Waals surface area (Å²) in [5.74, 6) is -3.50. The van der Waals surface area contributed by atoms with Gasteiger partial charge in [-0.1, -0.05) is 0 Å². The lowest BCUT2D eigenvalue weighted by molar-refractivity contribution is 0.0996. The highest BCUT2D eigenvalue weighted by Crippen LogP contribution is 2.23. The number of benzene rings is 1. The molecule has 1 rings (SSSR count). The Labute approximate surface area is 89.6 Å². The highest BCUT2D eigenvalue weighted by atomic mass is 19.1. The molecule has 16 heavy (non-hydrogen) atoms. The number of aromatic hydroxyl groups is 1. The molecule has 0 saturated heterocycles. The van der Waals surface area contributed by atoms with Gasteiger partial charge in [-0.25, -0.2) is 4.39 Å². The van der Waals surface area contributed by atoms with Crippen molar-refractivity contribution in [1.29, 1.82) is 5.26 Å². The van der Waals surface area contributed by atoms with Crippen molar-refractivity contribution in [3.63, 3.8) is 0 Å². The van der Waals surface area contributed by atoms with Crippen LogP contribution in [-0.4, -0.2) is 17.0 Å². The van der Waals surface area contributed by atoms with Crippen LogP contribution in [0.4, 0.5) is 4.39 Å². The largest absolute Gasteiger partial charge is 0.507 e. The zero-order valence-electron chi connectivity index (χ0n) is 7.94. The van der Waals surface area contributed by atoms with Crippen LogP contribution in [0.5, 0.6) is 5.75 Å². The standard InChI is InChI=1S/C9H7FN4O2/c10-7-4(3-11)1-2-5(15)6(7)8(16)14-9(12)13/h1-2,15H,(H4,12,13,14,16). The molecule has 0 aromatic heterocycles. The number of phenolic OH excluding ortho intramolecular Hbond substituents is 1. The molecule has 1 aromatic rings. The van der Waals surface area contributed by atoms with Crippen LogP contribution in [0.15, 0.2) is 17.1 Å². The van der Waals surface area contributed by atoms with Gasteiger partial charge in [-0.2, -0.15) is 10.3 Å². The van der Waals surface area contributed by atoms with E-state index in [-0.39, 0.29) is 5.56 Å². The summed E-state index contributed by atoms with van der Waals surface area (Å²) >= 11 is 0. The van der Waals surface area contributed by atoms with Gasteiger partial charge in [0.25, 0.3) is 5.91 Å². The normalized spacial score (nSPS) is 9.25. The Morgan fingerprint density at radius 3 is 2.62 bits per heavy atom. The van der Waals surface area contributed by atoms with Gasteiger partial charge in [0.2, 0.25) is 0 Å². The molecule has 82 valence electrons. The van der Waals surface area contributed by atoms with Crippen LogP contribution in [0.3, 0.4) is 0 Å². The summed E-state index contributed by atoms with van der Waals surface area (Å²) in [5.41, 5.74) is 8.77. The van der Waals surface area contributed by atoms with E-state index in [1.165, 1.54) is 6.07 Å². The van der Waals surface area contributed by atoms with E-state index < -0.39 is 29.0 Å². The maximum absolute atomic E-state index is 13.5. The summed E-state index contributed by atoms with van der Waals surface area (Å²) in [4.78, 5) is 14.4. The lowest BCUT2D eigenvalue weighted by atomic mass is 10.1. The van der Waals surface area contributed by atoms with E-state index in [0.29, 0.717) is 0 Å². The van der Waals surface area contributed by atoms with E-state index in [2.05, 4.69) is 4.99 Å². The number of nitrogens with zero attached hydrogens (tertiary/aromatic N) is 2. The van der Waals surface area contributed by atoms with E-state index in [0.717, 1.165) is 12.1 Å². The van der Waals surface area contributed by atoms with Gasteiger partial charge in [0.05, 0.1) is 5.56 Å². The molecule has 0 atom stereocenters. The lowest BCUT2D eigenvalue weighted by Gasteiger charge is -2.03. The SMILES string of the molecule is N#Cc1ccc(O)c(C(=O)N=C(N)N)c1F. The molecule has 7 heteroatoms. The highest BCUT2D eigenvalue weighted by Gasteiger charge is 2.19. The zero-order chi connectivity index (χ0) is 12.3. The first-order valence-corrected chi connectivity index (χ1v) is 4.03. The molecule has 0 aliphatic rings. The Bertz CT molecular complexity index is 515. The zero-order valence-corrected chi connectivity index (χ0v) is 7.94. The monoisotopic (exact) mass is 222 g/mol. The average molecular weight is 222 g/mol. The molecule has 0 spiro atoms. The summed E-state index contributed by atoms with van der Waals surface area (Å²) in [5, 5.41) is 17.8. The fourth-order valence-electron chi connectivity index (χ4n) is 1.03. The van der Waals surface area contributed by atoms with Crippen molar-refractivity contribution in [2.75, 3.05) is 0 Å². The van der Waals surface area contributed by atoms with Crippen molar-refractivity contribution >= 4 is 11.9 Å². The number of amides is 1. The van der Waals surface area contributed by atoms with Gasteiger partial charge in [0, 0.05) is 0 Å². The Morgan fingerprint density at radius 2 is 2.12 bits per heavy atom. The van der Waals surface area contributed by atoms with E-state index in [1.807, 2.05) is 0 Å². The van der Waals surface area contributed by atoms with Gasteiger partial charge in [0.1, 0.15) is 17.4 Å². The molecule has 0 heterocycles. The predicted molar refractivity (Wildman–Crippen MR) is 52.9 cm³/mol. The molecule has 6 nitrogen and oxygen atoms in total. The van der Waals surface area contributed by atoms with Gasteiger partial charge in [-0.15, -0.1) is 0 Å².